The number of fused-ring (bicyclic) bond motifs is 1. The van der Waals surface area contributed by atoms with E-state index in [4.69, 9.17) is 4.74 Å². The van der Waals surface area contributed by atoms with E-state index >= 15 is 0 Å². The molecule has 33 heavy (non-hydrogen) atoms. The molecule has 2 amide bonds. The van der Waals surface area contributed by atoms with Crippen LogP contribution in [-0.2, 0) is 32.6 Å². The molecule has 2 aromatic carbocycles. The van der Waals surface area contributed by atoms with Gasteiger partial charge in [-0.3, -0.25) is 9.59 Å². The molecule has 0 saturated heterocycles. The maximum absolute atomic E-state index is 13.1. The Balaban J connectivity index is 1.43. The Morgan fingerprint density at radius 2 is 1.91 bits per heavy atom. The first-order valence-electron chi connectivity index (χ1n) is 11.0. The van der Waals surface area contributed by atoms with Gasteiger partial charge < -0.3 is 15.0 Å². The van der Waals surface area contributed by atoms with E-state index in [1.165, 1.54) is 13.1 Å². The Morgan fingerprint density at radius 3 is 2.61 bits per heavy atom. The molecule has 4 rings (SSSR count). The largest absolute Gasteiger partial charge is 0.496 e. The lowest BCUT2D eigenvalue weighted by molar-refractivity contribution is -0.121. The topological polar surface area (TPSA) is 96.0 Å². The van der Waals surface area contributed by atoms with Gasteiger partial charge in [0.1, 0.15) is 5.75 Å². The van der Waals surface area contributed by atoms with Crippen LogP contribution in [0, 0.1) is 5.92 Å². The van der Waals surface area contributed by atoms with Crippen LogP contribution in [0.4, 0.5) is 5.69 Å². The summed E-state index contributed by atoms with van der Waals surface area (Å²) in [5.41, 5.74) is 2.43. The molecule has 1 aliphatic heterocycles. The van der Waals surface area contributed by atoms with Crippen molar-refractivity contribution in [1.82, 2.24) is 9.62 Å². The molecule has 9 heteroatoms. The van der Waals surface area contributed by atoms with Gasteiger partial charge in [-0.15, -0.1) is 0 Å². The Bertz CT molecular complexity index is 1180. The van der Waals surface area contributed by atoms with Crippen molar-refractivity contribution in [3.63, 3.8) is 0 Å². The van der Waals surface area contributed by atoms with E-state index in [1.54, 1.807) is 30.2 Å². The number of hydrogen-bond acceptors (Lipinski definition) is 5. The minimum atomic E-state index is -3.87. The number of sulfonamides is 1. The lowest BCUT2D eigenvalue weighted by Gasteiger charge is -2.23. The number of amides is 2. The number of hydrogen-bond donors (Lipinski definition) is 1. The Morgan fingerprint density at radius 1 is 1.18 bits per heavy atom. The zero-order chi connectivity index (χ0) is 23.8. The molecule has 0 spiro atoms. The fourth-order valence-electron chi connectivity index (χ4n) is 4.20. The minimum Gasteiger partial charge on any atom is -0.496 e. The van der Waals surface area contributed by atoms with Gasteiger partial charge in [0.25, 0.3) is 0 Å². The fourth-order valence-corrected chi connectivity index (χ4v) is 5.37. The van der Waals surface area contributed by atoms with Crippen LogP contribution < -0.4 is 15.0 Å². The highest BCUT2D eigenvalue weighted by Gasteiger charge is 2.40. The summed E-state index contributed by atoms with van der Waals surface area (Å²) in [6.07, 6.45) is 2.46. The summed E-state index contributed by atoms with van der Waals surface area (Å²) in [6, 6.07) is 12.2. The van der Waals surface area contributed by atoms with E-state index in [9.17, 15) is 18.0 Å². The average Bonchev–Trinajstić information content (AvgIpc) is 3.59. The molecule has 1 heterocycles. The number of methoxy groups -OCH3 is 1. The summed E-state index contributed by atoms with van der Waals surface area (Å²) < 4.78 is 32.5. The first-order valence-corrected chi connectivity index (χ1v) is 12.5. The molecule has 1 aliphatic carbocycles. The van der Waals surface area contributed by atoms with Gasteiger partial charge in [-0.1, -0.05) is 18.2 Å². The number of nitrogens with zero attached hydrogens (tertiary/aromatic N) is 2. The highest BCUT2D eigenvalue weighted by atomic mass is 32.2. The monoisotopic (exact) mass is 471 g/mol. The van der Waals surface area contributed by atoms with Gasteiger partial charge in [0.15, 0.2) is 0 Å². The molecular weight excluding hydrogens is 442 g/mol. The number of likely N-dealkylation sites (N-methyl/N-ethyl adjacent to an activating group) is 1. The predicted octanol–water partition coefficient (Wildman–Crippen LogP) is 2.32. The third-order valence-electron chi connectivity index (χ3n) is 6.17. The smallest absolute Gasteiger partial charge is 0.243 e. The first-order chi connectivity index (χ1) is 15.7. The van der Waals surface area contributed by atoms with Gasteiger partial charge in [0.2, 0.25) is 21.8 Å². The number of rotatable bonds is 8. The molecular formula is C24H29N3O5S. The van der Waals surface area contributed by atoms with E-state index in [0.29, 0.717) is 12.2 Å². The number of ether oxygens (including phenoxy) is 1. The summed E-state index contributed by atoms with van der Waals surface area (Å²) in [4.78, 5) is 27.0. The second-order valence-electron chi connectivity index (χ2n) is 8.68. The van der Waals surface area contributed by atoms with Crippen molar-refractivity contribution in [2.24, 2.45) is 5.92 Å². The first kappa shape index (κ1) is 23.3. The molecule has 0 radical (unpaired) electrons. The van der Waals surface area contributed by atoms with E-state index in [2.05, 4.69) is 5.32 Å². The second-order valence-corrected chi connectivity index (χ2v) is 10.7. The van der Waals surface area contributed by atoms with E-state index < -0.39 is 15.9 Å². The number of nitrogens with one attached hydrogen (secondary N) is 1. The van der Waals surface area contributed by atoms with Gasteiger partial charge in [-0.05, 0) is 56.0 Å². The summed E-state index contributed by atoms with van der Waals surface area (Å²) >= 11 is 0. The summed E-state index contributed by atoms with van der Waals surface area (Å²) in [5.74, 6) is 0.464. The van der Waals surface area contributed by atoms with Crippen molar-refractivity contribution in [1.29, 1.82) is 0 Å². The number of carbonyl (C=O) groups is 2. The zero-order valence-electron chi connectivity index (χ0n) is 19.1. The third kappa shape index (κ3) is 4.74. The van der Waals surface area contributed by atoms with Gasteiger partial charge in [-0.2, -0.15) is 4.31 Å². The Labute approximate surface area is 194 Å². The van der Waals surface area contributed by atoms with Gasteiger partial charge in [-0.25, -0.2) is 8.42 Å². The summed E-state index contributed by atoms with van der Waals surface area (Å²) in [6.45, 7) is 1.90. The van der Waals surface area contributed by atoms with Crippen LogP contribution in [0.3, 0.4) is 0 Å². The normalized spacial score (nSPS) is 17.7. The Kier molecular flexibility index (Phi) is 6.45. The standard InChI is InChI=1S/C24H29N3O5S/c1-16-12-19-13-20(10-11-21(19)27(16)24(29)17-8-9-17)33(30,31)26(2)15-23(28)25-14-18-6-4-5-7-22(18)32-3/h4-7,10-11,13,16-17H,8-9,12,14-15H2,1-3H3,(H,25,28)/t16-/m0/s1. The molecule has 1 N–H and O–H groups in total. The summed E-state index contributed by atoms with van der Waals surface area (Å²) in [5, 5.41) is 2.74. The van der Waals surface area contributed by atoms with Crippen LogP contribution in [0.25, 0.3) is 0 Å². The second kappa shape index (κ2) is 9.15. The maximum Gasteiger partial charge on any atom is 0.243 e. The quantitative estimate of drug-likeness (QED) is 0.638. The van der Waals surface area contributed by atoms with Crippen molar-refractivity contribution in [2.45, 2.75) is 43.7 Å². The van der Waals surface area contributed by atoms with E-state index in [-0.39, 0.29) is 35.9 Å². The van der Waals surface area contributed by atoms with Crippen molar-refractivity contribution < 1.29 is 22.7 Å². The molecule has 2 aromatic rings. The summed E-state index contributed by atoms with van der Waals surface area (Å²) in [7, 11) is -0.926. The van der Waals surface area contributed by atoms with Gasteiger partial charge in [0.05, 0.1) is 18.6 Å². The average molecular weight is 472 g/mol. The van der Waals surface area contributed by atoms with Crippen LogP contribution in [0.15, 0.2) is 47.4 Å². The highest BCUT2D eigenvalue weighted by molar-refractivity contribution is 7.89. The van der Waals surface area contributed by atoms with Crippen molar-refractivity contribution in [3.05, 3.63) is 53.6 Å². The fraction of sp³-hybridized carbons (Fsp3) is 0.417. The number of anilines is 1. The molecule has 0 aromatic heterocycles. The molecule has 1 saturated carbocycles. The SMILES string of the molecule is COc1ccccc1CNC(=O)CN(C)S(=O)(=O)c1ccc2c(c1)C[C@H](C)N2C(=O)C1CC1. The van der Waals surface area contributed by atoms with Crippen LogP contribution in [0.5, 0.6) is 5.75 Å². The molecule has 8 nitrogen and oxygen atoms in total. The molecule has 176 valence electrons. The van der Waals surface area contributed by atoms with Gasteiger partial charge >= 0.3 is 0 Å². The van der Waals surface area contributed by atoms with Gasteiger partial charge in [0, 0.05) is 36.8 Å². The van der Waals surface area contributed by atoms with E-state index in [1.807, 2.05) is 25.1 Å². The number of benzene rings is 2. The van der Waals surface area contributed by atoms with E-state index in [0.717, 1.165) is 34.0 Å². The van der Waals surface area contributed by atoms with Crippen LogP contribution in [0.1, 0.15) is 30.9 Å². The highest BCUT2D eigenvalue weighted by Crippen LogP contribution is 2.39. The molecule has 1 fully saturated rings. The molecule has 0 unspecified atom stereocenters. The Hall–Kier alpha value is -2.91. The van der Waals surface area contributed by atoms with Crippen molar-refractivity contribution in [2.75, 3.05) is 25.6 Å². The molecule has 0 bridgehead atoms. The molecule has 2 aliphatic rings. The van der Waals surface area contributed by atoms with Crippen molar-refractivity contribution >= 4 is 27.5 Å². The van der Waals surface area contributed by atoms with Crippen LogP contribution in [0.2, 0.25) is 0 Å². The van der Waals surface area contributed by atoms with Crippen LogP contribution in [-0.4, -0.2) is 51.3 Å². The minimum absolute atomic E-state index is 0.00420. The predicted molar refractivity (Wildman–Crippen MR) is 124 cm³/mol. The zero-order valence-corrected chi connectivity index (χ0v) is 19.9. The van der Waals surface area contributed by atoms with Crippen LogP contribution >= 0.6 is 0 Å². The van der Waals surface area contributed by atoms with Crippen molar-refractivity contribution in [3.8, 4) is 5.75 Å². The third-order valence-corrected chi connectivity index (χ3v) is 7.97. The number of para-hydroxylation sites is 1. The lowest BCUT2D eigenvalue weighted by atomic mass is 10.1. The maximum atomic E-state index is 13.1. The molecule has 1 atom stereocenters. The number of carbonyl (C=O) groups excluding carboxylic acids is 2. The lowest BCUT2D eigenvalue weighted by Crippen LogP contribution is -2.38.